The van der Waals surface area contributed by atoms with Crippen LogP contribution in [0.5, 0.6) is 0 Å². The second kappa shape index (κ2) is 8.90. The number of nitrogens with zero attached hydrogens (tertiary/aromatic N) is 2. The smallest absolute Gasteiger partial charge is 0.391 e. The molecule has 0 aliphatic heterocycles. The first-order chi connectivity index (χ1) is 10.8. The predicted molar refractivity (Wildman–Crippen MR) is 85.4 cm³/mol. The van der Waals surface area contributed by atoms with Gasteiger partial charge in [-0.15, -0.1) is 4.18 Å². The molecule has 0 radical (unpaired) electrons. The van der Waals surface area contributed by atoms with Gasteiger partial charge in [-0.25, -0.2) is 0 Å². The van der Waals surface area contributed by atoms with Crippen molar-refractivity contribution in [3.05, 3.63) is 34.4 Å². The Labute approximate surface area is 136 Å². The second-order valence-corrected chi connectivity index (χ2v) is 8.30. The van der Waals surface area contributed by atoms with Crippen LogP contribution >= 0.6 is 6.64 Å². The average Bonchev–Trinajstić information content (AvgIpc) is 2.46. The summed E-state index contributed by atoms with van der Waals surface area (Å²) >= 11 is 0.398. The molecule has 0 bridgehead atoms. The maximum absolute atomic E-state index is 12.3. The minimum absolute atomic E-state index is 0.0404. The lowest BCUT2D eigenvalue weighted by atomic mass is 10.2. The van der Waals surface area contributed by atoms with Gasteiger partial charge in [0.2, 0.25) is 0 Å². The summed E-state index contributed by atoms with van der Waals surface area (Å²) in [6.07, 6.45) is 0.676. The van der Waals surface area contributed by atoms with Crippen LogP contribution in [0.2, 0.25) is 0 Å². The van der Waals surface area contributed by atoms with Gasteiger partial charge in [0.05, 0.1) is 4.92 Å². The predicted octanol–water partition coefficient (Wildman–Crippen LogP) is 1.33. The lowest BCUT2D eigenvalue weighted by molar-refractivity contribution is -0.384. The average molecular weight is 364 g/mol. The molecule has 0 saturated heterocycles. The summed E-state index contributed by atoms with van der Waals surface area (Å²) in [6.45, 7) is -3.80. The van der Waals surface area contributed by atoms with Crippen LogP contribution in [0.3, 0.4) is 0 Å². The van der Waals surface area contributed by atoms with Crippen molar-refractivity contribution in [2.24, 2.45) is 0 Å². The largest absolute Gasteiger partial charge is 0.744 e. The Morgan fingerprint density at radius 3 is 2.48 bits per heavy atom. The number of unbranched alkanes of at least 4 members (excludes halogenated alkanes) is 1. The van der Waals surface area contributed by atoms with Crippen LogP contribution < -0.4 is 9.56 Å². The highest BCUT2D eigenvalue weighted by molar-refractivity contribution is 8.16. The van der Waals surface area contributed by atoms with Crippen molar-refractivity contribution in [1.29, 1.82) is 0 Å². The Bertz CT molecular complexity index is 602. The number of rotatable bonds is 9. The first-order valence-corrected chi connectivity index (χ1v) is 9.53. The Kier molecular flexibility index (Phi) is 7.53. The van der Waals surface area contributed by atoms with Crippen LogP contribution in [0.15, 0.2) is 24.3 Å². The molecule has 1 unspecified atom stereocenters. The number of nitro benzene ring substituents is 1. The SMILES string of the molecule is CO[S+]=P([O-])(O)N(CCCCC(=O)O)c1ccc([N+](=O)[O-])cc1. The fourth-order valence-corrected chi connectivity index (χ4v) is 4.27. The lowest BCUT2D eigenvalue weighted by Gasteiger charge is -2.30. The molecule has 0 amide bonds. The van der Waals surface area contributed by atoms with Crippen LogP contribution in [0.25, 0.3) is 0 Å². The van der Waals surface area contributed by atoms with Crippen molar-refractivity contribution in [2.75, 3.05) is 18.3 Å². The monoisotopic (exact) mass is 364 g/mol. The summed E-state index contributed by atoms with van der Waals surface area (Å²) in [5, 5.41) is 19.3. The van der Waals surface area contributed by atoms with Crippen molar-refractivity contribution in [3.63, 3.8) is 0 Å². The Hall–Kier alpha value is -1.58. The van der Waals surface area contributed by atoms with Gasteiger partial charge < -0.3 is 14.9 Å². The summed E-state index contributed by atoms with van der Waals surface area (Å²) in [5.41, 5.74) is 0.188. The molecule has 0 aliphatic rings. The van der Waals surface area contributed by atoms with Crippen LogP contribution in [-0.2, 0) is 20.2 Å². The van der Waals surface area contributed by atoms with E-state index >= 15 is 0 Å². The van der Waals surface area contributed by atoms with E-state index in [0.717, 1.165) is 0 Å². The minimum Gasteiger partial charge on any atom is -0.744 e. The molecule has 1 rings (SSSR count). The van der Waals surface area contributed by atoms with Crippen LogP contribution in [-0.4, -0.2) is 34.5 Å². The first-order valence-electron chi connectivity index (χ1n) is 6.57. The molecule has 1 aromatic rings. The van der Waals surface area contributed by atoms with E-state index in [0.29, 0.717) is 29.7 Å². The van der Waals surface area contributed by atoms with E-state index < -0.39 is 17.5 Å². The quantitative estimate of drug-likeness (QED) is 0.167. The lowest BCUT2D eigenvalue weighted by Crippen LogP contribution is -2.28. The van der Waals surface area contributed by atoms with E-state index in [4.69, 9.17) is 5.11 Å². The molecule has 1 atom stereocenters. The standard InChI is InChI=1S/C12H17N2O7PS/c1-21-23-22(19,20)13(9-3-2-4-12(15)16)10-5-7-11(8-6-10)14(17)18/h5-8H,2-4,9H2,1H3,(H2-,15,16,19,20). The van der Waals surface area contributed by atoms with E-state index in [9.17, 15) is 24.7 Å². The maximum Gasteiger partial charge on any atom is 0.391 e. The van der Waals surface area contributed by atoms with Gasteiger partial charge in [-0.05, 0) is 25.0 Å². The van der Waals surface area contributed by atoms with Crippen molar-refractivity contribution in [2.45, 2.75) is 19.3 Å². The molecule has 128 valence electrons. The van der Waals surface area contributed by atoms with E-state index in [1.165, 1.54) is 36.0 Å². The topological polar surface area (TPSA) is 136 Å². The third-order valence-corrected chi connectivity index (χ3v) is 5.85. The molecule has 11 heteroatoms. The molecule has 2 N–H and O–H groups in total. The minimum atomic E-state index is -3.92. The number of benzene rings is 1. The number of non-ortho nitro benzene ring substituents is 1. The number of carboxylic acids is 1. The van der Waals surface area contributed by atoms with Gasteiger partial charge in [-0.2, -0.15) is 0 Å². The number of hydrogen-bond donors (Lipinski definition) is 2. The number of nitro groups is 1. The van der Waals surface area contributed by atoms with Gasteiger partial charge in [-0.1, -0.05) is 0 Å². The van der Waals surface area contributed by atoms with E-state index in [2.05, 4.69) is 4.18 Å². The molecular formula is C12H17N2O7PS. The summed E-state index contributed by atoms with van der Waals surface area (Å²) in [6, 6.07) is 5.21. The maximum atomic E-state index is 12.3. The van der Waals surface area contributed by atoms with Crippen molar-refractivity contribution < 1.29 is 28.8 Å². The van der Waals surface area contributed by atoms with Crippen molar-refractivity contribution >= 4 is 35.2 Å². The zero-order valence-corrected chi connectivity index (χ0v) is 14.0. The highest BCUT2D eigenvalue weighted by Gasteiger charge is 2.26. The van der Waals surface area contributed by atoms with Gasteiger partial charge in [0, 0.05) is 30.8 Å². The number of hydrogen-bond acceptors (Lipinski definition) is 5. The number of carboxylic acid groups (broad SMARTS) is 1. The van der Waals surface area contributed by atoms with Gasteiger partial charge in [0.1, 0.15) is 7.11 Å². The van der Waals surface area contributed by atoms with Crippen LogP contribution in [0.1, 0.15) is 19.3 Å². The Balaban J connectivity index is 2.96. The zero-order chi connectivity index (χ0) is 17.5. The fraction of sp³-hybridized carbons (Fsp3) is 0.417. The highest BCUT2D eigenvalue weighted by atomic mass is 32.5. The Morgan fingerprint density at radius 2 is 2.00 bits per heavy atom. The summed E-state index contributed by atoms with van der Waals surface area (Å²) in [5.74, 6) is -0.940. The molecule has 0 aliphatic carbocycles. The van der Waals surface area contributed by atoms with E-state index in [1.807, 2.05) is 0 Å². The fourth-order valence-electron chi connectivity index (χ4n) is 1.82. The molecule has 0 aromatic heterocycles. The van der Waals surface area contributed by atoms with Crippen molar-refractivity contribution in [1.82, 2.24) is 0 Å². The van der Waals surface area contributed by atoms with Crippen LogP contribution in [0, 0.1) is 10.1 Å². The second-order valence-electron chi connectivity index (χ2n) is 4.48. The summed E-state index contributed by atoms with van der Waals surface area (Å²) < 4.78 is 5.85. The van der Waals surface area contributed by atoms with Gasteiger partial charge in [0.25, 0.3) is 5.69 Å². The number of aliphatic carboxylic acids is 1. The van der Waals surface area contributed by atoms with Gasteiger partial charge in [0.15, 0.2) is 0 Å². The van der Waals surface area contributed by atoms with E-state index in [1.54, 1.807) is 0 Å². The van der Waals surface area contributed by atoms with Gasteiger partial charge in [-0.3, -0.25) is 19.6 Å². The molecule has 0 heterocycles. The molecule has 23 heavy (non-hydrogen) atoms. The van der Waals surface area contributed by atoms with E-state index in [-0.39, 0.29) is 18.7 Å². The van der Waals surface area contributed by atoms with Crippen molar-refractivity contribution in [3.8, 4) is 0 Å². The van der Waals surface area contributed by atoms with Gasteiger partial charge >= 0.3 is 23.8 Å². The molecule has 1 aromatic carbocycles. The van der Waals surface area contributed by atoms with Crippen LogP contribution in [0.4, 0.5) is 11.4 Å². The molecule has 9 nitrogen and oxygen atoms in total. The molecule has 0 saturated carbocycles. The summed E-state index contributed by atoms with van der Waals surface area (Å²) in [7, 11) is 1.26. The molecular weight excluding hydrogens is 347 g/mol. The number of anilines is 1. The molecule has 0 fully saturated rings. The zero-order valence-electron chi connectivity index (χ0n) is 12.3. The third-order valence-electron chi connectivity index (χ3n) is 2.85. The molecule has 0 spiro atoms. The Morgan fingerprint density at radius 1 is 1.39 bits per heavy atom. The first kappa shape index (κ1) is 19.5. The normalized spacial score (nSPS) is 13.2. The summed E-state index contributed by atoms with van der Waals surface area (Å²) in [4.78, 5) is 43.0. The highest BCUT2D eigenvalue weighted by Crippen LogP contribution is 2.42. The number of carbonyl (C=O) groups is 1. The third kappa shape index (κ3) is 6.20.